The van der Waals surface area contributed by atoms with Crippen molar-refractivity contribution in [3.8, 4) is 0 Å². The smallest absolute Gasteiger partial charge is 0.265 e. The van der Waals surface area contributed by atoms with E-state index >= 15 is 0 Å². The first-order chi connectivity index (χ1) is 14.0. The predicted molar refractivity (Wildman–Crippen MR) is 111 cm³/mol. The van der Waals surface area contributed by atoms with Crippen LogP contribution in [0.15, 0.2) is 82.8 Å². The zero-order valence-corrected chi connectivity index (χ0v) is 16.6. The molecule has 3 aromatic carbocycles. The van der Waals surface area contributed by atoms with Crippen molar-refractivity contribution in [1.82, 2.24) is 0 Å². The molecule has 2 unspecified atom stereocenters. The Labute approximate surface area is 170 Å². The Kier molecular flexibility index (Phi) is 3.26. The molecule has 3 aromatic rings. The summed E-state index contributed by atoms with van der Waals surface area (Å²) in [5.74, 6) is 1.37. The van der Waals surface area contributed by atoms with E-state index in [1.54, 1.807) is 30.5 Å². The number of aryl methyl sites for hydroxylation is 1. The van der Waals surface area contributed by atoms with E-state index < -0.39 is 15.5 Å². The molecule has 4 nitrogen and oxygen atoms in total. The third kappa shape index (κ3) is 2.14. The van der Waals surface area contributed by atoms with E-state index in [0.29, 0.717) is 17.8 Å². The van der Waals surface area contributed by atoms with Crippen LogP contribution in [0.25, 0.3) is 0 Å². The van der Waals surface area contributed by atoms with Gasteiger partial charge >= 0.3 is 10.1 Å². The molecule has 0 bridgehead atoms. The zero-order valence-electron chi connectivity index (χ0n) is 15.8. The van der Waals surface area contributed by atoms with Crippen molar-refractivity contribution in [2.75, 3.05) is 0 Å². The first kappa shape index (κ1) is 17.0. The van der Waals surface area contributed by atoms with Crippen molar-refractivity contribution in [1.29, 1.82) is 0 Å². The Balaban J connectivity index is 1.42. The van der Waals surface area contributed by atoms with Gasteiger partial charge in [-0.3, -0.25) is 4.28 Å². The summed E-state index contributed by atoms with van der Waals surface area (Å²) in [5, 5.41) is 4.06. The Hall–Kier alpha value is -2.92. The molecule has 0 radical (unpaired) electrons. The van der Waals surface area contributed by atoms with Gasteiger partial charge in [0.15, 0.2) is 0 Å². The van der Waals surface area contributed by atoms with Crippen LogP contribution in [-0.4, -0.2) is 14.6 Å². The molecule has 2 atom stereocenters. The van der Waals surface area contributed by atoms with E-state index in [-0.39, 0.29) is 4.90 Å². The monoisotopic (exact) mass is 401 g/mol. The maximum Gasteiger partial charge on any atom is 0.358 e. The van der Waals surface area contributed by atoms with Crippen LogP contribution in [0, 0.1) is 12.8 Å². The molecular formula is C24H19NO3S. The van der Waals surface area contributed by atoms with Crippen LogP contribution >= 0.6 is 0 Å². The highest BCUT2D eigenvalue weighted by Crippen LogP contribution is 2.79. The van der Waals surface area contributed by atoms with E-state index in [0.717, 1.165) is 5.56 Å². The highest BCUT2D eigenvalue weighted by atomic mass is 32.2. The van der Waals surface area contributed by atoms with E-state index in [4.69, 9.17) is 4.28 Å². The second-order valence-corrected chi connectivity index (χ2v) is 9.73. The fourth-order valence-corrected chi connectivity index (χ4v) is 6.33. The highest BCUT2D eigenvalue weighted by Gasteiger charge is 2.73. The van der Waals surface area contributed by atoms with E-state index in [2.05, 4.69) is 41.6 Å². The van der Waals surface area contributed by atoms with Crippen LogP contribution in [0.3, 0.4) is 0 Å². The summed E-state index contributed by atoms with van der Waals surface area (Å²) in [6.45, 7) is 1.91. The molecule has 0 aliphatic heterocycles. The molecule has 1 saturated carbocycles. The maximum absolute atomic E-state index is 12.6. The third-order valence-electron chi connectivity index (χ3n) is 6.78. The molecular weight excluding hydrogens is 382 g/mol. The number of nitrogens with zero attached hydrogens (tertiary/aromatic N) is 1. The summed E-state index contributed by atoms with van der Waals surface area (Å²) in [6, 6.07) is 23.5. The quantitative estimate of drug-likeness (QED) is 0.478. The van der Waals surface area contributed by atoms with E-state index in [9.17, 15) is 8.42 Å². The van der Waals surface area contributed by atoms with Gasteiger partial charge in [-0.1, -0.05) is 71.4 Å². The normalized spacial score (nSPS) is 28.1. The van der Waals surface area contributed by atoms with Gasteiger partial charge in [0.2, 0.25) is 0 Å². The average molecular weight is 401 g/mol. The van der Waals surface area contributed by atoms with Gasteiger partial charge in [-0.25, -0.2) is 0 Å². The number of hydrogen-bond donors (Lipinski definition) is 0. The van der Waals surface area contributed by atoms with Gasteiger partial charge in [0, 0.05) is 0 Å². The van der Waals surface area contributed by atoms with Crippen LogP contribution in [0.1, 0.15) is 39.7 Å². The lowest BCUT2D eigenvalue weighted by Gasteiger charge is -2.26. The molecule has 1 fully saturated rings. The summed E-state index contributed by atoms with van der Waals surface area (Å²) in [4.78, 5) is 0.110. The molecule has 144 valence electrons. The van der Waals surface area contributed by atoms with Crippen LogP contribution in [0.5, 0.6) is 0 Å². The summed E-state index contributed by atoms with van der Waals surface area (Å²) >= 11 is 0. The third-order valence-corrected chi connectivity index (χ3v) is 7.92. The molecule has 0 N–H and O–H groups in total. The fraction of sp³-hybridized carbons (Fsp3) is 0.208. The molecule has 29 heavy (non-hydrogen) atoms. The topological polar surface area (TPSA) is 55.7 Å². The predicted octanol–water partition coefficient (Wildman–Crippen LogP) is 4.50. The van der Waals surface area contributed by atoms with Gasteiger partial charge in [0.1, 0.15) is 4.90 Å². The second-order valence-electron chi connectivity index (χ2n) is 8.20. The molecule has 6 rings (SSSR count). The number of fused-ring (bicyclic) bond motifs is 7. The Morgan fingerprint density at radius 3 is 2.00 bits per heavy atom. The lowest BCUT2D eigenvalue weighted by molar-refractivity contribution is 0.337. The van der Waals surface area contributed by atoms with Gasteiger partial charge < -0.3 is 0 Å². The minimum absolute atomic E-state index is 0.110. The minimum atomic E-state index is -3.95. The van der Waals surface area contributed by atoms with E-state index in [1.807, 2.05) is 19.1 Å². The maximum atomic E-state index is 12.6. The zero-order chi connectivity index (χ0) is 19.8. The molecule has 0 amide bonds. The Morgan fingerprint density at radius 1 is 0.862 bits per heavy atom. The largest absolute Gasteiger partial charge is 0.358 e. The molecule has 0 heterocycles. The molecule has 3 aliphatic carbocycles. The standard InChI is InChI=1S/C24H19NO3S/c1-15-10-12-16(13-11-15)29(26,27)28-25-14-24-19-8-4-2-6-17(19)21-22(23(21)24)18-7-3-5-9-20(18)24/h2-14,21-23H,1H3/b25-14+. The van der Waals surface area contributed by atoms with Gasteiger partial charge in [0.25, 0.3) is 0 Å². The van der Waals surface area contributed by atoms with Crippen molar-refractivity contribution >= 4 is 16.3 Å². The molecule has 0 saturated heterocycles. The van der Waals surface area contributed by atoms with Crippen molar-refractivity contribution in [2.45, 2.75) is 29.1 Å². The van der Waals surface area contributed by atoms with Crippen LogP contribution in [0.4, 0.5) is 0 Å². The van der Waals surface area contributed by atoms with Crippen molar-refractivity contribution in [2.24, 2.45) is 11.1 Å². The summed E-state index contributed by atoms with van der Waals surface area (Å²) < 4.78 is 30.2. The van der Waals surface area contributed by atoms with Crippen LogP contribution in [-0.2, 0) is 19.8 Å². The fourth-order valence-electron chi connectivity index (χ4n) is 5.62. The number of hydrogen-bond acceptors (Lipinski definition) is 4. The molecule has 0 aromatic heterocycles. The lowest BCUT2D eigenvalue weighted by Crippen LogP contribution is -2.28. The minimum Gasteiger partial charge on any atom is -0.265 e. The van der Waals surface area contributed by atoms with Gasteiger partial charge in [-0.15, -0.1) is 0 Å². The SMILES string of the molecule is Cc1ccc(S(=O)(=O)O/N=C/C23c4ccccc4C4C(c5ccccc52)C43)cc1. The second kappa shape index (κ2) is 5.57. The van der Waals surface area contributed by atoms with E-state index in [1.165, 1.54) is 22.3 Å². The first-order valence-electron chi connectivity index (χ1n) is 9.78. The lowest BCUT2D eigenvalue weighted by atomic mass is 9.76. The Bertz CT molecular complexity index is 1220. The van der Waals surface area contributed by atoms with Gasteiger partial charge in [0.05, 0.1) is 11.6 Å². The Morgan fingerprint density at radius 2 is 1.41 bits per heavy atom. The summed E-state index contributed by atoms with van der Waals surface area (Å²) in [7, 11) is -3.95. The molecule has 5 heteroatoms. The van der Waals surface area contributed by atoms with Crippen molar-refractivity contribution in [3.63, 3.8) is 0 Å². The molecule has 3 aliphatic rings. The average Bonchev–Trinajstić information content (AvgIpc) is 3.34. The van der Waals surface area contributed by atoms with Crippen molar-refractivity contribution in [3.05, 3.63) is 101 Å². The van der Waals surface area contributed by atoms with Crippen molar-refractivity contribution < 1.29 is 12.7 Å². The summed E-state index contributed by atoms with van der Waals surface area (Å²) in [5.41, 5.74) is 5.72. The summed E-state index contributed by atoms with van der Waals surface area (Å²) in [6.07, 6.45) is 1.73. The van der Waals surface area contributed by atoms with Gasteiger partial charge in [-0.2, -0.15) is 8.42 Å². The number of benzene rings is 3. The molecule has 0 spiro atoms. The van der Waals surface area contributed by atoms with Crippen LogP contribution < -0.4 is 0 Å². The first-order valence-corrected chi connectivity index (χ1v) is 11.2. The highest BCUT2D eigenvalue weighted by molar-refractivity contribution is 7.86. The van der Waals surface area contributed by atoms with Gasteiger partial charge in [-0.05, 0) is 59.1 Å². The number of oxime groups is 1. The van der Waals surface area contributed by atoms with Crippen LogP contribution in [0.2, 0.25) is 0 Å². The number of rotatable bonds is 4.